The van der Waals surface area contributed by atoms with Crippen molar-refractivity contribution in [3.05, 3.63) is 101 Å². The number of fused-ring (bicyclic) bond motifs is 4. The number of imide groups is 2. The molecule has 4 aliphatic rings. The van der Waals surface area contributed by atoms with Crippen LogP contribution in [0.15, 0.2) is 84.4 Å². The summed E-state index contributed by atoms with van der Waals surface area (Å²) in [5.74, 6) is -4.27. The molecule has 3 aromatic carbocycles. The van der Waals surface area contributed by atoms with Gasteiger partial charge >= 0.3 is 0 Å². The molecule has 0 radical (unpaired) electrons. The SMILES string of the molecule is COc1cc(C2C3=CCC4C(=O)N(Cc5ccccc5)C(=O)C4C3CC3C(=O)N(c4ccccc4)C(=O)C32C)cc(Cl)c1O. The molecule has 3 fully saturated rings. The van der Waals surface area contributed by atoms with Gasteiger partial charge < -0.3 is 9.84 Å². The fraction of sp³-hybridized carbons (Fsp3) is 0.314. The van der Waals surface area contributed by atoms with Crippen LogP contribution < -0.4 is 9.64 Å². The Labute approximate surface area is 259 Å². The maximum absolute atomic E-state index is 14.5. The third-order valence-electron chi connectivity index (χ3n) is 10.2. The molecule has 9 heteroatoms. The molecule has 44 heavy (non-hydrogen) atoms. The zero-order valence-electron chi connectivity index (χ0n) is 24.3. The highest BCUT2D eigenvalue weighted by molar-refractivity contribution is 6.32. The lowest BCUT2D eigenvalue weighted by Crippen LogP contribution is -2.48. The standard InChI is InChI=1S/C35H31ClN2O6/c1-35-25(32(41)38(34(35)43)21-11-7-4-8-12-21)17-24-22(29(35)20-15-26(36)30(39)27(16-20)44-2)13-14-23-28(24)33(42)37(31(23)40)18-19-9-5-3-6-10-19/h3-13,15-16,23-25,28-29,39H,14,17-18H2,1-2H3. The number of para-hydroxylation sites is 1. The molecule has 224 valence electrons. The lowest BCUT2D eigenvalue weighted by atomic mass is 9.51. The van der Waals surface area contributed by atoms with Crippen molar-refractivity contribution >= 4 is 40.9 Å². The topological polar surface area (TPSA) is 104 Å². The second-order valence-electron chi connectivity index (χ2n) is 12.3. The summed E-state index contributed by atoms with van der Waals surface area (Å²) in [5.41, 5.74) is 1.56. The molecule has 0 aromatic heterocycles. The van der Waals surface area contributed by atoms with Gasteiger partial charge in [-0.1, -0.05) is 71.8 Å². The maximum Gasteiger partial charge on any atom is 0.241 e. The molecule has 1 N–H and O–H groups in total. The van der Waals surface area contributed by atoms with Crippen molar-refractivity contribution in [3.63, 3.8) is 0 Å². The van der Waals surface area contributed by atoms with Gasteiger partial charge in [-0.25, -0.2) is 4.90 Å². The van der Waals surface area contributed by atoms with E-state index in [0.29, 0.717) is 17.7 Å². The zero-order chi connectivity index (χ0) is 30.9. The minimum atomic E-state index is -1.22. The quantitative estimate of drug-likeness (QED) is 0.303. The molecule has 2 aliphatic carbocycles. The van der Waals surface area contributed by atoms with Gasteiger partial charge in [0.05, 0.1) is 47.5 Å². The third kappa shape index (κ3) is 3.97. The molecule has 1 saturated carbocycles. The minimum Gasteiger partial charge on any atom is -0.503 e. The van der Waals surface area contributed by atoms with Crippen molar-refractivity contribution < 1.29 is 29.0 Å². The number of anilines is 1. The predicted octanol–water partition coefficient (Wildman–Crippen LogP) is 5.49. The molecule has 8 nitrogen and oxygen atoms in total. The number of aromatic hydroxyl groups is 1. The van der Waals surface area contributed by atoms with E-state index >= 15 is 0 Å². The number of allylic oxidation sites excluding steroid dienone is 2. The molecule has 2 saturated heterocycles. The van der Waals surface area contributed by atoms with E-state index in [0.717, 1.165) is 11.1 Å². The van der Waals surface area contributed by atoms with Crippen molar-refractivity contribution in [1.82, 2.24) is 4.90 Å². The van der Waals surface area contributed by atoms with Crippen LogP contribution in [0.25, 0.3) is 0 Å². The van der Waals surface area contributed by atoms with Gasteiger partial charge in [-0.05, 0) is 61.1 Å². The number of benzene rings is 3. The summed E-state index contributed by atoms with van der Waals surface area (Å²) in [6, 6.07) is 21.5. The van der Waals surface area contributed by atoms with Gasteiger partial charge in [-0.3, -0.25) is 24.1 Å². The summed E-state index contributed by atoms with van der Waals surface area (Å²) in [6.07, 6.45) is 2.59. The number of likely N-dealkylation sites (tertiary alicyclic amines) is 1. The first-order chi connectivity index (χ1) is 21.2. The summed E-state index contributed by atoms with van der Waals surface area (Å²) in [7, 11) is 1.42. The van der Waals surface area contributed by atoms with Crippen LogP contribution in [0.3, 0.4) is 0 Å². The number of phenols is 1. The smallest absolute Gasteiger partial charge is 0.241 e. The Balaban J connectivity index is 1.36. The monoisotopic (exact) mass is 610 g/mol. The summed E-state index contributed by atoms with van der Waals surface area (Å²) in [4.78, 5) is 59.1. The van der Waals surface area contributed by atoms with E-state index in [1.165, 1.54) is 16.9 Å². The number of hydrogen-bond donors (Lipinski definition) is 1. The Morgan fingerprint density at radius 2 is 1.61 bits per heavy atom. The number of rotatable bonds is 5. The number of methoxy groups -OCH3 is 1. The molecule has 6 unspecified atom stereocenters. The van der Waals surface area contributed by atoms with E-state index < -0.39 is 35.0 Å². The van der Waals surface area contributed by atoms with Crippen LogP contribution in [0.2, 0.25) is 5.02 Å². The number of carbonyl (C=O) groups is 4. The van der Waals surface area contributed by atoms with Crippen LogP contribution in [0.5, 0.6) is 11.5 Å². The highest BCUT2D eigenvalue weighted by atomic mass is 35.5. The lowest BCUT2D eigenvalue weighted by Gasteiger charge is -2.49. The molecule has 7 rings (SSSR count). The fourth-order valence-electron chi connectivity index (χ4n) is 8.12. The maximum atomic E-state index is 14.5. The van der Waals surface area contributed by atoms with Gasteiger partial charge in [-0.2, -0.15) is 0 Å². The summed E-state index contributed by atoms with van der Waals surface area (Å²) >= 11 is 6.48. The van der Waals surface area contributed by atoms with Crippen LogP contribution in [-0.4, -0.2) is 40.7 Å². The number of ether oxygens (including phenoxy) is 1. The van der Waals surface area contributed by atoms with Gasteiger partial charge in [0.1, 0.15) is 0 Å². The molecular formula is C35H31ClN2O6. The van der Waals surface area contributed by atoms with E-state index in [9.17, 15) is 24.3 Å². The van der Waals surface area contributed by atoms with E-state index in [4.69, 9.17) is 16.3 Å². The van der Waals surface area contributed by atoms with Crippen molar-refractivity contribution in [2.75, 3.05) is 12.0 Å². The molecular weight excluding hydrogens is 580 g/mol. The van der Waals surface area contributed by atoms with Crippen LogP contribution in [0.4, 0.5) is 5.69 Å². The van der Waals surface area contributed by atoms with E-state index in [1.54, 1.807) is 36.4 Å². The summed E-state index contributed by atoms with van der Waals surface area (Å²) < 4.78 is 5.43. The second-order valence-corrected chi connectivity index (χ2v) is 12.7. The van der Waals surface area contributed by atoms with Crippen LogP contribution in [0.1, 0.15) is 36.8 Å². The van der Waals surface area contributed by atoms with Crippen molar-refractivity contribution in [2.45, 2.75) is 32.2 Å². The molecule has 3 aromatic rings. The average Bonchev–Trinajstić information content (AvgIpc) is 3.38. The highest BCUT2D eigenvalue weighted by Crippen LogP contribution is 2.64. The van der Waals surface area contributed by atoms with Crippen LogP contribution in [-0.2, 0) is 25.7 Å². The van der Waals surface area contributed by atoms with Crippen molar-refractivity contribution in [2.24, 2.45) is 29.1 Å². The third-order valence-corrected chi connectivity index (χ3v) is 10.5. The van der Waals surface area contributed by atoms with Crippen LogP contribution >= 0.6 is 11.6 Å². The Hall–Kier alpha value is -4.43. The van der Waals surface area contributed by atoms with Crippen LogP contribution in [0, 0.1) is 29.1 Å². The van der Waals surface area contributed by atoms with Gasteiger partial charge in [0.15, 0.2) is 11.5 Å². The molecule has 2 heterocycles. The van der Waals surface area contributed by atoms with Crippen molar-refractivity contribution in [3.8, 4) is 11.5 Å². The van der Waals surface area contributed by atoms with Gasteiger partial charge in [0.2, 0.25) is 23.6 Å². The first kappa shape index (κ1) is 28.3. The lowest BCUT2D eigenvalue weighted by molar-refractivity contribution is -0.141. The predicted molar refractivity (Wildman–Crippen MR) is 163 cm³/mol. The average molecular weight is 611 g/mol. The zero-order valence-corrected chi connectivity index (χ0v) is 25.0. The number of hydrogen-bond acceptors (Lipinski definition) is 6. The van der Waals surface area contributed by atoms with E-state index in [1.807, 2.05) is 49.4 Å². The molecule has 6 atom stereocenters. The molecule has 0 spiro atoms. The Morgan fingerprint density at radius 3 is 2.30 bits per heavy atom. The number of nitrogens with zero attached hydrogens (tertiary/aromatic N) is 2. The first-order valence-electron chi connectivity index (χ1n) is 14.8. The first-order valence-corrected chi connectivity index (χ1v) is 15.1. The molecule has 4 amide bonds. The number of amides is 4. The Morgan fingerprint density at radius 1 is 0.932 bits per heavy atom. The van der Waals surface area contributed by atoms with Gasteiger partial charge in [-0.15, -0.1) is 0 Å². The summed E-state index contributed by atoms with van der Waals surface area (Å²) in [6.45, 7) is 1.99. The van der Waals surface area contributed by atoms with E-state index in [-0.39, 0.29) is 53.1 Å². The Bertz CT molecular complexity index is 1740. The van der Waals surface area contributed by atoms with Gasteiger partial charge in [0, 0.05) is 5.92 Å². The fourth-order valence-corrected chi connectivity index (χ4v) is 8.34. The second kappa shape index (κ2) is 10.3. The largest absolute Gasteiger partial charge is 0.503 e. The number of carbonyl (C=O) groups excluding carboxylic acids is 4. The van der Waals surface area contributed by atoms with Crippen molar-refractivity contribution in [1.29, 1.82) is 0 Å². The molecule has 2 aliphatic heterocycles. The normalized spacial score (nSPS) is 29.3. The minimum absolute atomic E-state index is 0.0498. The summed E-state index contributed by atoms with van der Waals surface area (Å²) in [5, 5.41) is 10.6. The van der Waals surface area contributed by atoms with Gasteiger partial charge in [0.25, 0.3) is 0 Å². The highest BCUT2D eigenvalue weighted by Gasteiger charge is 2.67. The number of halogens is 1. The van der Waals surface area contributed by atoms with E-state index in [2.05, 4.69) is 0 Å². The number of phenolic OH excluding ortho intramolecular Hbond substituents is 1. The Kier molecular flexibility index (Phi) is 6.66. The molecule has 0 bridgehead atoms.